The van der Waals surface area contributed by atoms with Crippen LogP contribution in [0.4, 0.5) is 0 Å². The second kappa shape index (κ2) is 11.7. The van der Waals surface area contributed by atoms with E-state index in [9.17, 15) is 9.59 Å². The van der Waals surface area contributed by atoms with Gasteiger partial charge in [-0.3, -0.25) is 14.6 Å². The number of amidine groups is 1. The lowest BCUT2D eigenvalue weighted by Crippen LogP contribution is -2.50. The molecular formula is C29H30ClN5O3. The van der Waals surface area contributed by atoms with Crippen molar-refractivity contribution in [1.29, 1.82) is 0 Å². The summed E-state index contributed by atoms with van der Waals surface area (Å²) in [7, 11) is 0. The highest BCUT2D eigenvalue weighted by atomic mass is 35.5. The molecule has 2 aromatic carbocycles. The molecule has 0 spiro atoms. The number of carboxylic acid groups (broad SMARTS) is 1. The summed E-state index contributed by atoms with van der Waals surface area (Å²) in [4.78, 5) is 42.8. The molecule has 2 aliphatic rings. The highest BCUT2D eigenvalue weighted by molar-refractivity contribution is 6.30. The third kappa shape index (κ3) is 6.02. The third-order valence-electron chi connectivity index (χ3n) is 6.88. The smallest absolute Gasteiger partial charge is 0.303 e. The number of hydrogen-bond acceptors (Lipinski definition) is 6. The van der Waals surface area contributed by atoms with Crippen molar-refractivity contribution in [2.75, 3.05) is 32.7 Å². The molecule has 2 aliphatic heterocycles. The van der Waals surface area contributed by atoms with Crippen molar-refractivity contribution in [2.24, 2.45) is 4.99 Å². The van der Waals surface area contributed by atoms with Crippen molar-refractivity contribution in [1.82, 2.24) is 19.8 Å². The molecule has 1 N–H and O–H groups in total. The van der Waals surface area contributed by atoms with Gasteiger partial charge >= 0.3 is 5.97 Å². The summed E-state index contributed by atoms with van der Waals surface area (Å²) >= 11 is 6.09. The first-order valence-electron chi connectivity index (χ1n) is 13.0. The maximum atomic E-state index is 13.4. The van der Waals surface area contributed by atoms with E-state index >= 15 is 0 Å². The van der Waals surface area contributed by atoms with Crippen molar-refractivity contribution in [2.45, 2.75) is 32.1 Å². The average Bonchev–Trinajstić information content (AvgIpc) is 2.95. The van der Waals surface area contributed by atoms with Crippen LogP contribution in [0.2, 0.25) is 5.02 Å². The Kier molecular flexibility index (Phi) is 7.98. The van der Waals surface area contributed by atoms with Gasteiger partial charge in [0.25, 0.3) is 5.91 Å². The average molecular weight is 532 g/mol. The number of fused-ring (bicyclic) bond motifs is 1. The van der Waals surface area contributed by atoms with E-state index in [0.29, 0.717) is 54.0 Å². The van der Waals surface area contributed by atoms with E-state index < -0.39 is 5.97 Å². The fourth-order valence-electron chi connectivity index (χ4n) is 4.83. The molecule has 0 atom stereocenters. The van der Waals surface area contributed by atoms with Gasteiger partial charge in [-0.05, 0) is 62.1 Å². The number of halogens is 1. The van der Waals surface area contributed by atoms with Crippen LogP contribution < -0.4 is 0 Å². The number of carboxylic acids is 1. The summed E-state index contributed by atoms with van der Waals surface area (Å²) in [5.74, 6) is 0.190. The number of carbonyl (C=O) groups excluding carboxylic acids is 1. The summed E-state index contributed by atoms with van der Waals surface area (Å²) < 4.78 is 0. The van der Waals surface area contributed by atoms with Crippen molar-refractivity contribution >= 4 is 40.3 Å². The fourth-order valence-corrected chi connectivity index (χ4v) is 4.95. The van der Waals surface area contributed by atoms with Crippen LogP contribution in [0.15, 0.2) is 59.6 Å². The molecule has 0 radical (unpaired) electrons. The number of unbranched alkanes of at least 4 members (excludes halogenated alkanes) is 1. The van der Waals surface area contributed by atoms with Gasteiger partial charge < -0.3 is 14.9 Å². The highest BCUT2D eigenvalue weighted by Gasteiger charge is 2.24. The van der Waals surface area contributed by atoms with Crippen LogP contribution >= 0.6 is 11.6 Å². The van der Waals surface area contributed by atoms with E-state index in [1.54, 1.807) is 0 Å². The lowest BCUT2D eigenvalue weighted by atomic mass is 10.0. The fraction of sp³-hybridized carbons (Fsp3) is 0.345. The van der Waals surface area contributed by atoms with Crippen molar-refractivity contribution in [3.05, 3.63) is 70.9 Å². The maximum absolute atomic E-state index is 13.4. The molecule has 196 valence electrons. The van der Waals surface area contributed by atoms with Crippen LogP contribution in [0.5, 0.6) is 0 Å². The van der Waals surface area contributed by atoms with Gasteiger partial charge in [0.15, 0.2) is 0 Å². The molecule has 3 heterocycles. The van der Waals surface area contributed by atoms with Crippen LogP contribution in [0.3, 0.4) is 0 Å². The molecule has 0 bridgehead atoms. The Balaban J connectivity index is 1.36. The molecule has 1 aromatic heterocycles. The van der Waals surface area contributed by atoms with Crippen LogP contribution in [-0.2, 0) is 11.2 Å². The summed E-state index contributed by atoms with van der Waals surface area (Å²) in [6.45, 7) is 3.62. The normalized spacial score (nSPS) is 15.6. The lowest BCUT2D eigenvalue weighted by Gasteiger charge is -2.36. The largest absolute Gasteiger partial charge is 0.481 e. The number of dihydropyridines is 1. The van der Waals surface area contributed by atoms with Gasteiger partial charge in [-0.2, -0.15) is 0 Å². The van der Waals surface area contributed by atoms with E-state index in [0.717, 1.165) is 48.8 Å². The predicted octanol–water partition coefficient (Wildman–Crippen LogP) is 4.86. The van der Waals surface area contributed by atoms with Gasteiger partial charge in [0.1, 0.15) is 5.84 Å². The maximum Gasteiger partial charge on any atom is 0.303 e. The van der Waals surface area contributed by atoms with Crippen molar-refractivity contribution in [3.8, 4) is 11.3 Å². The molecule has 8 nitrogen and oxygen atoms in total. The second-order valence-electron chi connectivity index (χ2n) is 9.54. The second-order valence-corrected chi connectivity index (χ2v) is 9.98. The van der Waals surface area contributed by atoms with Gasteiger partial charge in [0.05, 0.1) is 22.4 Å². The van der Waals surface area contributed by atoms with Gasteiger partial charge in [-0.1, -0.05) is 29.8 Å². The van der Waals surface area contributed by atoms with Crippen LogP contribution in [0, 0.1) is 0 Å². The molecule has 0 aliphatic carbocycles. The van der Waals surface area contributed by atoms with Gasteiger partial charge in [-0.25, -0.2) is 9.97 Å². The molecule has 0 unspecified atom stereocenters. The number of benzene rings is 2. The summed E-state index contributed by atoms with van der Waals surface area (Å²) in [6.07, 6.45) is 7.14. The first kappa shape index (κ1) is 25.9. The molecular weight excluding hydrogens is 502 g/mol. The minimum atomic E-state index is -0.806. The Morgan fingerprint density at radius 1 is 0.947 bits per heavy atom. The van der Waals surface area contributed by atoms with Crippen LogP contribution in [0.25, 0.3) is 22.3 Å². The highest BCUT2D eigenvalue weighted by Crippen LogP contribution is 2.27. The number of aromatic nitrogens is 2. The Morgan fingerprint density at radius 2 is 1.74 bits per heavy atom. The zero-order valence-electron chi connectivity index (χ0n) is 21.1. The minimum Gasteiger partial charge on any atom is -0.481 e. The Labute approximate surface area is 226 Å². The number of amides is 1. The van der Waals surface area contributed by atoms with Crippen molar-refractivity contribution < 1.29 is 14.7 Å². The SMILES string of the molecule is O=C(O)CCCCc1nc2cc(C(=O)N3CCN(C4=NCCC=C4)CC3)ccc2nc1-c1ccc(Cl)cc1. The number of rotatable bonds is 7. The minimum absolute atomic E-state index is 0.0146. The first-order valence-corrected chi connectivity index (χ1v) is 13.4. The first-order chi connectivity index (χ1) is 18.5. The van der Waals surface area contributed by atoms with E-state index in [1.165, 1.54) is 0 Å². The Hall–Kier alpha value is -3.78. The number of aliphatic imine (C=N–C) groups is 1. The molecule has 3 aromatic rings. The third-order valence-corrected chi connectivity index (χ3v) is 7.13. The van der Waals surface area contributed by atoms with Gasteiger partial charge in [0, 0.05) is 55.3 Å². The Bertz CT molecular complexity index is 1400. The topological polar surface area (TPSA) is 99.0 Å². The summed E-state index contributed by atoms with van der Waals surface area (Å²) in [6, 6.07) is 12.9. The number of aliphatic carboxylic acids is 1. The van der Waals surface area contributed by atoms with Crippen molar-refractivity contribution in [3.63, 3.8) is 0 Å². The molecule has 38 heavy (non-hydrogen) atoms. The van der Waals surface area contributed by atoms with E-state index in [2.05, 4.69) is 22.0 Å². The predicted molar refractivity (Wildman–Crippen MR) is 149 cm³/mol. The molecule has 1 fully saturated rings. The quantitative estimate of drug-likeness (QED) is 0.437. The van der Waals surface area contributed by atoms with Crippen LogP contribution in [0.1, 0.15) is 41.7 Å². The summed E-state index contributed by atoms with van der Waals surface area (Å²) in [5, 5.41) is 9.63. The molecule has 0 saturated carbocycles. The Morgan fingerprint density at radius 3 is 2.45 bits per heavy atom. The number of hydrogen-bond donors (Lipinski definition) is 1. The monoisotopic (exact) mass is 531 g/mol. The zero-order chi connectivity index (χ0) is 26.5. The van der Waals surface area contributed by atoms with E-state index in [1.807, 2.05) is 47.4 Å². The molecule has 1 amide bonds. The summed E-state index contributed by atoms with van der Waals surface area (Å²) in [5.41, 5.74) is 4.37. The zero-order valence-corrected chi connectivity index (χ0v) is 21.9. The number of piperazine rings is 1. The number of nitrogens with zero attached hydrogens (tertiary/aromatic N) is 5. The molecule has 1 saturated heterocycles. The lowest BCUT2D eigenvalue weighted by molar-refractivity contribution is -0.137. The van der Waals surface area contributed by atoms with Gasteiger partial charge in [-0.15, -0.1) is 0 Å². The standard InChI is InChI=1S/C29H30ClN5O3/c30-22-11-8-20(9-12-22)28-24(5-1-2-7-27(36)37)32-25-19-21(10-13-23(25)33-28)29(38)35-17-15-34(16-18-35)26-6-3-4-14-31-26/h3,6,8-13,19H,1-2,4-5,7,14-18H2,(H,36,37). The number of aryl methyl sites for hydroxylation is 1. The molecule has 5 rings (SSSR count). The number of carbonyl (C=O) groups is 2. The van der Waals surface area contributed by atoms with E-state index in [4.69, 9.17) is 26.7 Å². The molecule has 9 heteroatoms. The van der Waals surface area contributed by atoms with E-state index in [-0.39, 0.29) is 12.3 Å². The van der Waals surface area contributed by atoms with Gasteiger partial charge in [0.2, 0.25) is 0 Å². The van der Waals surface area contributed by atoms with Crippen LogP contribution in [-0.4, -0.2) is 75.3 Å².